The van der Waals surface area contributed by atoms with E-state index in [1.807, 2.05) is 43.3 Å². The third-order valence-corrected chi connectivity index (χ3v) is 4.55. The maximum atomic E-state index is 12.1. The average Bonchev–Trinajstić information content (AvgIpc) is 3.02. The number of anilines is 2. The Morgan fingerprint density at radius 3 is 2.50 bits per heavy atom. The first-order chi connectivity index (χ1) is 12.5. The fraction of sp³-hybridized carbons (Fsp3) is 0.176. The highest BCUT2D eigenvalue weighted by Crippen LogP contribution is 2.21. The number of carbonyl (C=O) groups excluding carboxylic acids is 1. The third-order valence-electron chi connectivity index (χ3n) is 3.60. The molecule has 0 aliphatic carbocycles. The third kappa shape index (κ3) is 4.12. The zero-order valence-electron chi connectivity index (χ0n) is 14.5. The molecular formula is C17H19N7OS. The lowest BCUT2D eigenvalue weighted by molar-refractivity contribution is -0.113. The van der Waals surface area contributed by atoms with Crippen LogP contribution in [0.15, 0.2) is 53.9 Å². The molecule has 0 saturated heterocycles. The summed E-state index contributed by atoms with van der Waals surface area (Å²) in [6.45, 7) is 0. The van der Waals surface area contributed by atoms with Crippen LogP contribution in [-0.4, -0.2) is 45.6 Å². The van der Waals surface area contributed by atoms with E-state index in [1.165, 1.54) is 16.4 Å². The number of rotatable bonds is 6. The van der Waals surface area contributed by atoms with Crippen LogP contribution in [-0.2, 0) is 4.79 Å². The molecule has 2 aromatic heterocycles. The molecule has 0 fully saturated rings. The topological polar surface area (TPSA) is 102 Å². The fourth-order valence-electron chi connectivity index (χ4n) is 2.24. The minimum absolute atomic E-state index is 0.138. The summed E-state index contributed by atoms with van der Waals surface area (Å²) in [4.78, 5) is 18.1. The fourth-order valence-corrected chi connectivity index (χ4v) is 2.90. The zero-order valence-corrected chi connectivity index (χ0v) is 15.3. The zero-order chi connectivity index (χ0) is 18.5. The SMILES string of the molecule is CN(C)c1ccc(NC(=O)CSc2nnc(-c3ccncc3)n2N)cc1. The number of nitrogens with two attached hydrogens (primary N) is 1. The van der Waals surface area contributed by atoms with Gasteiger partial charge < -0.3 is 16.1 Å². The van der Waals surface area contributed by atoms with Crippen molar-refractivity contribution in [3.05, 3.63) is 48.8 Å². The average molecular weight is 369 g/mol. The van der Waals surface area contributed by atoms with E-state index in [0.29, 0.717) is 11.0 Å². The number of hydrogen-bond acceptors (Lipinski definition) is 7. The molecule has 3 rings (SSSR count). The van der Waals surface area contributed by atoms with E-state index in [0.717, 1.165) is 16.9 Å². The van der Waals surface area contributed by atoms with Gasteiger partial charge in [0.15, 0.2) is 5.82 Å². The van der Waals surface area contributed by atoms with Crippen LogP contribution in [0.2, 0.25) is 0 Å². The molecule has 0 aliphatic heterocycles. The number of nitrogens with one attached hydrogen (secondary N) is 1. The highest BCUT2D eigenvalue weighted by molar-refractivity contribution is 7.99. The van der Waals surface area contributed by atoms with Crippen LogP contribution in [0.5, 0.6) is 0 Å². The smallest absolute Gasteiger partial charge is 0.234 e. The van der Waals surface area contributed by atoms with Gasteiger partial charge in [0, 0.05) is 43.4 Å². The Kier molecular flexibility index (Phi) is 5.37. The van der Waals surface area contributed by atoms with E-state index in [2.05, 4.69) is 20.5 Å². The van der Waals surface area contributed by atoms with Crippen molar-refractivity contribution in [2.75, 3.05) is 35.9 Å². The minimum atomic E-state index is -0.138. The monoisotopic (exact) mass is 369 g/mol. The summed E-state index contributed by atoms with van der Waals surface area (Å²) in [5.41, 5.74) is 2.62. The van der Waals surface area contributed by atoms with E-state index >= 15 is 0 Å². The number of hydrogen-bond donors (Lipinski definition) is 2. The van der Waals surface area contributed by atoms with Crippen molar-refractivity contribution in [3.8, 4) is 11.4 Å². The number of pyridine rings is 1. The van der Waals surface area contributed by atoms with Crippen molar-refractivity contribution in [2.45, 2.75) is 5.16 Å². The van der Waals surface area contributed by atoms with Crippen LogP contribution in [0.4, 0.5) is 11.4 Å². The van der Waals surface area contributed by atoms with Crippen molar-refractivity contribution in [2.24, 2.45) is 0 Å². The quantitative estimate of drug-likeness (QED) is 0.505. The molecule has 0 bridgehead atoms. The van der Waals surface area contributed by atoms with Crippen LogP contribution < -0.4 is 16.1 Å². The van der Waals surface area contributed by atoms with Gasteiger partial charge in [-0.2, -0.15) is 0 Å². The van der Waals surface area contributed by atoms with E-state index < -0.39 is 0 Å². The summed E-state index contributed by atoms with van der Waals surface area (Å²) < 4.78 is 1.37. The van der Waals surface area contributed by atoms with Gasteiger partial charge in [0.1, 0.15) is 0 Å². The molecule has 0 unspecified atom stereocenters. The van der Waals surface area contributed by atoms with Crippen LogP contribution >= 0.6 is 11.8 Å². The van der Waals surface area contributed by atoms with Crippen molar-refractivity contribution in [1.82, 2.24) is 19.9 Å². The Morgan fingerprint density at radius 2 is 1.85 bits per heavy atom. The number of carbonyl (C=O) groups is 1. The lowest BCUT2D eigenvalue weighted by Gasteiger charge is -2.13. The summed E-state index contributed by atoms with van der Waals surface area (Å²) in [6.07, 6.45) is 3.32. The number of nitrogens with zero attached hydrogens (tertiary/aromatic N) is 5. The molecule has 9 heteroatoms. The summed E-state index contributed by atoms with van der Waals surface area (Å²) in [7, 11) is 3.93. The second-order valence-corrected chi connectivity index (χ2v) is 6.63. The van der Waals surface area contributed by atoms with Crippen LogP contribution in [0.1, 0.15) is 0 Å². The van der Waals surface area contributed by atoms with E-state index in [9.17, 15) is 4.79 Å². The number of aromatic nitrogens is 4. The Labute approximate surface area is 155 Å². The predicted octanol–water partition coefficient (Wildman–Crippen LogP) is 1.85. The van der Waals surface area contributed by atoms with Crippen LogP contribution in [0, 0.1) is 0 Å². The normalized spacial score (nSPS) is 10.5. The molecule has 0 radical (unpaired) electrons. The first-order valence-corrected chi connectivity index (χ1v) is 8.84. The number of thioether (sulfide) groups is 1. The predicted molar refractivity (Wildman–Crippen MR) is 104 cm³/mol. The summed E-state index contributed by atoms with van der Waals surface area (Å²) in [5.74, 6) is 6.60. The van der Waals surface area contributed by atoms with Crippen molar-refractivity contribution < 1.29 is 4.79 Å². The first-order valence-electron chi connectivity index (χ1n) is 7.85. The lowest BCUT2D eigenvalue weighted by atomic mass is 10.2. The number of benzene rings is 1. The molecule has 1 amide bonds. The number of amides is 1. The largest absolute Gasteiger partial charge is 0.378 e. The van der Waals surface area contributed by atoms with E-state index in [1.54, 1.807) is 24.5 Å². The Morgan fingerprint density at radius 1 is 1.15 bits per heavy atom. The first kappa shape index (κ1) is 17.7. The lowest BCUT2D eigenvalue weighted by Crippen LogP contribution is -2.16. The molecule has 3 N–H and O–H groups in total. The van der Waals surface area contributed by atoms with Crippen LogP contribution in [0.25, 0.3) is 11.4 Å². The molecule has 2 heterocycles. The molecule has 26 heavy (non-hydrogen) atoms. The Bertz CT molecular complexity index is 878. The molecule has 0 aliphatic rings. The standard InChI is InChI=1S/C17H19N7OS/c1-23(2)14-5-3-13(4-6-14)20-15(25)11-26-17-22-21-16(24(17)18)12-7-9-19-10-8-12/h3-10H,11,18H2,1-2H3,(H,20,25). The number of nitrogen functional groups attached to an aromatic ring is 1. The molecule has 134 valence electrons. The van der Waals surface area contributed by atoms with Gasteiger partial charge >= 0.3 is 0 Å². The highest BCUT2D eigenvalue weighted by Gasteiger charge is 2.13. The minimum Gasteiger partial charge on any atom is -0.378 e. The van der Waals surface area contributed by atoms with Gasteiger partial charge in [-0.25, -0.2) is 4.68 Å². The van der Waals surface area contributed by atoms with Gasteiger partial charge in [0.2, 0.25) is 11.1 Å². The highest BCUT2D eigenvalue weighted by atomic mass is 32.2. The molecule has 0 atom stereocenters. The van der Waals surface area contributed by atoms with Crippen LogP contribution in [0.3, 0.4) is 0 Å². The molecule has 0 saturated carbocycles. The van der Waals surface area contributed by atoms with Gasteiger partial charge in [0.25, 0.3) is 0 Å². The maximum Gasteiger partial charge on any atom is 0.234 e. The second kappa shape index (κ2) is 7.87. The van der Waals surface area contributed by atoms with Crippen molar-refractivity contribution >= 4 is 29.0 Å². The van der Waals surface area contributed by atoms with E-state index in [-0.39, 0.29) is 11.7 Å². The second-order valence-electron chi connectivity index (χ2n) is 5.69. The molecule has 0 spiro atoms. The van der Waals surface area contributed by atoms with Crippen molar-refractivity contribution in [1.29, 1.82) is 0 Å². The molecule has 1 aromatic carbocycles. The van der Waals surface area contributed by atoms with Gasteiger partial charge in [-0.3, -0.25) is 9.78 Å². The summed E-state index contributed by atoms with van der Waals surface area (Å²) in [5, 5.41) is 11.4. The van der Waals surface area contributed by atoms with Gasteiger partial charge in [0.05, 0.1) is 5.75 Å². The Balaban J connectivity index is 1.59. The van der Waals surface area contributed by atoms with Crippen molar-refractivity contribution in [3.63, 3.8) is 0 Å². The van der Waals surface area contributed by atoms with E-state index in [4.69, 9.17) is 5.84 Å². The molecule has 3 aromatic rings. The van der Waals surface area contributed by atoms with Gasteiger partial charge in [-0.15, -0.1) is 10.2 Å². The molecule has 8 nitrogen and oxygen atoms in total. The molecular weight excluding hydrogens is 350 g/mol. The Hall–Kier alpha value is -3.07. The van der Waals surface area contributed by atoms with Gasteiger partial charge in [-0.05, 0) is 36.4 Å². The van der Waals surface area contributed by atoms with Gasteiger partial charge in [-0.1, -0.05) is 11.8 Å². The summed E-state index contributed by atoms with van der Waals surface area (Å²) >= 11 is 1.23. The summed E-state index contributed by atoms with van der Waals surface area (Å²) in [6, 6.07) is 11.2. The maximum absolute atomic E-state index is 12.1.